The molecule has 3 aromatic rings. The SMILES string of the molecule is CC#Cn1c(-c2ccc(C)cc2)cc(-c2cccc(O)c2)nc1=O. The van der Waals surface area contributed by atoms with Crippen molar-refractivity contribution in [1.82, 2.24) is 9.55 Å². The molecule has 4 heteroatoms. The van der Waals surface area contributed by atoms with Crippen LogP contribution in [-0.4, -0.2) is 14.7 Å². The smallest absolute Gasteiger partial charge is 0.360 e. The molecular formula is C20H16N2O2. The van der Waals surface area contributed by atoms with Gasteiger partial charge in [-0.15, -0.1) is 0 Å². The van der Waals surface area contributed by atoms with Gasteiger partial charge in [-0.25, -0.2) is 9.36 Å². The van der Waals surface area contributed by atoms with Gasteiger partial charge < -0.3 is 5.11 Å². The fourth-order valence-corrected chi connectivity index (χ4v) is 2.45. The summed E-state index contributed by atoms with van der Waals surface area (Å²) in [4.78, 5) is 16.5. The van der Waals surface area contributed by atoms with E-state index in [1.807, 2.05) is 37.3 Å². The minimum Gasteiger partial charge on any atom is -0.508 e. The molecule has 0 aliphatic heterocycles. The third kappa shape index (κ3) is 3.06. The van der Waals surface area contributed by atoms with E-state index in [1.165, 1.54) is 4.57 Å². The number of nitrogens with zero attached hydrogens (tertiary/aromatic N) is 2. The Labute approximate surface area is 140 Å². The highest BCUT2D eigenvalue weighted by molar-refractivity contribution is 5.69. The van der Waals surface area contributed by atoms with E-state index in [0.717, 1.165) is 11.1 Å². The maximum atomic E-state index is 12.4. The van der Waals surface area contributed by atoms with Crippen molar-refractivity contribution in [2.45, 2.75) is 13.8 Å². The molecule has 24 heavy (non-hydrogen) atoms. The lowest BCUT2D eigenvalue weighted by Crippen LogP contribution is -2.22. The van der Waals surface area contributed by atoms with Gasteiger partial charge >= 0.3 is 5.69 Å². The van der Waals surface area contributed by atoms with Gasteiger partial charge in [0.05, 0.1) is 11.4 Å². The molecular weight excluding hydrogens is 300 g/mol. The molecule has 0 aliphatic rings. The summed E-state index contributed by atoms with van der Waals surface area (Å²) in [5.74, 6) is 2.88. The van der Waals surface area contributed by atoms with E-state index < -0.39 is 5.69 Å². The number of aromatic nitrogens is 2. The van der Waals surface area contributed by atoms with Crippen LogP contribution in [0.3, 0.4) is 0 Å². The van der Waals surface area contributed by atoms with Crippen LogP contribution in [0.25, 0.3) is 22.5 Å². The predicted octanol–water partition coefficient (Wildman–Crippen LogP) is 3.42. The summed E-state index contributed by atoms with van der Waals surface area (Å²) in [5, 5.41) is 9.67. The second-order valence-corrected chi connectivity index (χ2v) is 5.42. The molecule has 3 rings (SSSR count). The van der Waals surface area contributed by atoms with Gasteiger partial charge in [-0.2, -0.15) is 4.98 Å². The lowest BCUT2D eigenvalue weighted by molar-refractivity contribution is 0.475. The fourth-order valence-electron chi connectivity index (χ4n) is 2.45. The summed E-state index contributed by atoms with van der Waals surface area (Å²) in [5.41, 5.74) is 3.42. The van der Waals surface area contributed by atoms with Crippen LogP contribution in [0.2, 0.25) is 0 Å². The molecule has 0 aliphatic carbocycles. The van der Waals surface area contributed by atoms with E-state index in [2.05, 4.69) is 16.9 Å². The topological polar surface area (TPSA) is 55.1 Å². The van der Waals surface area contributed by atoms with E-state index in [4.69, 9.17) is 0 Å². The Bertz CT molecular complexity index is 1010. The Morgan fingerprint density at radius 3 is 2.46 bits per heavy atom. The van der Waals surface area contributed by atoms with Gasteiger partial charge in [0.1, 0.15) is 5.75 Å². The molecule has 1 heterocycles. The van der Waals surface area contributed by atoms with Crippen LogP contribution < -0.4 is 5.69 Å². The maximum Gasteiger partial charge on any atom is 0.360 e. The predicted molar refractivity (Wildman–Crippen MR) is 94.6 cm³/mol. The Morgan fingerprint density at radius 1 is 1.04 bits per heavy atom. The molecule has 0 amide bonds. The summed E-state index contributed by atoms with van der Waals surface area (Å²) in [6.07, 6.45) is 0. The van der Waals surface area contributed by atoms with E-state index in [9.17, 15) is 9.90 Å². The average molecular weight is 316 g/mol. The van der Waals surface area contributed by atoms with E-state index in [1.54, 1.807) is 31.2 Å². The molecule has 4 nitrogen and oxygen atoms in total. The summed E-state index contributed by atoms with van der Waals surface area (Å²) >= 11 is 0. The van der Waals surface area contributed by atoms with Crippen molar-refractivity contribution in [3.63, 3.8) is 0 Å². The Kier molecular flexibility index (Phi) is 4.17. The van der Waals surface area contributed by atoms with Crippen LogP contribution in [0, 0.1) is 18.9 Å². The lowest BCUT2D eigenvalue weighted by Gasteiger charge is -2.10. The normalized spacial score (nSPS) is 10.1. The summed E-state index contributed by atoms with van der Waals surface area (Å²) in [7, 11) is 0. The van der Waals surface area contributed by atoms with Gasteiger partial charge in [0.25, 0.3) is 0 Å². The first kappa shape index (κ1) is 15.6. The van der Waals surface area contributed by atoms with Crippen LogP contribution in [0.15, 0.2) is 59.4 Å². The van der Waals surface area contributed by atoms with Crippen molar-refractivity contribution < 1.29 is 5.11 Å². The van der Waals surface area contributed by atoms with E-state index in [-0.39, 0.29) is 5.75 Å². The molecule has 0 fully saturated rings. The standard InChI is InChI=1S/C20H16N2O2/c1-3-11-22-19(15-9-7-14(2)8-10-15)13-18(21-20(22)24)16-5-4-6-17(23)12-16/h4-10,12-13,23H,1-2H3. The number of aromatic hydroxyl groups is 1. The zero-order valence-electron chi connectivity index (χ0n) is 13.4. The molecule has 0 saturated heterocycles. The molecule has 0 unspecified atom stereocenters. The number of hydrogen-bond acceptors (Lipinski definition) is 3. The number of aryl methyl sites for hydroxylation is 1. The molecule has 1 aromatic heterocycles. The van der Waals surface area contributed by atoms with Gasteiger partial charge in [0, 0.05) is 11.6 Å². The first-order valence-corrected chi connectivity index (χ1v) is 7.52. The molecule has 2 aromatic carbocycles. The molecule has 118 valence electrons. The largest absolute Gasteiger partial charge is 0.508 e. The number of phenols is 1. The molecule has 0 spiro atoms. The van der Waals surface area contributed by atoms with Crippen molar-refractivity contribution in [1.29, 1.82) is 0 Å². The minimum atomic E-state index is -0.444. The number of phenolic OH excluding ortho intramolecular Hbond substituents is 1. The second-order valence-electron chi connectivity index (χ2n) is 5.42. The first-order valence-electron chi connectivity index (χ1n) is 7.52. The minimum absolute atomic E-state index is 0.128. The number of benzene rings is 2. The zero-order chi connectivity index (χ0) is 17.1. The van der Waals surface area contributed by atoms with Crippen molar-refractivity contribution in [3.05, 3.63) is 70.6 Å². The monoisotopic (exact) mass is 316 g/mol. The lowest BCUT2D eigenvalue weighted by atomic mass is 10.1. The summed E-state index contributed by atoms with van der Waals surface area (Å²) in [6, 6.07) is 19.1. The Morgan fingerprint density at radius 2 is 1.79 bits per heavy atom. The van der Waals surface area contributed by atoms with Crippen molar-refractivity contribution in [2.24, 2.45) is 0 Å². The highest BCUT2D eigenvalue weighted by Crippen LogP contribution is 2.25. The van der Waals surface area contributed by atoms with Crippen molar-refractivity contribution in [3.8, 4) is 40.2 Å². The van der Waals surface area contributed by atoms with Crippen LogP contribution in [0.1, 0.15) is 12.5 Å². The van der Waals surface area contributed by atoms with E-state index >= 15 is 0 Å². The average Bonchev–Trinajstić information content (AvgIpc) is 2.57. The number of hydrogen-bond donors (Lipinski definition) is 1. The highest BCUT2D eigenvalue weighted by atomic mass is 16.3. The molecule has 0 radical (unpaired) electrons. The number of rotatable bonds is 2. The Balaban J connectivity index is 2.26. The van der Waals surface area contributed by atoms with Gasteiger partial charge in [0.2, 0.25) is 0 Å². The van der Waals surface area contributed by atoms with Crippen LogP contribution in [0.4, 0.5) is 0 Å². The fraction of sp³-hybridized carbons (Fsp3) is 0.100. The highest BCUT2D eigenvalue weighted by Gasteiger charge is 2.11. The zero-order valence-corrected chi connectivity index (χ0v) is 13.4. The summed E-state index contributed by atoms with van der Waals surface area (Å²) < 4.78 is 1.34. The molecule has 1 N–H and O–H groups in total. The van der Waals surface area contributed by atoms with Gasteiger partial charge in [-0.1, -0.05) is 47.9 Å². The third-order valence-electron chi connectivity index (χ3n) is 3.63. The third-order valence-corrected chi connectivity index (χ3v) is 3.63. The van der Waals surface area contributed by atoms with Gasteiger partial charge in [-0.3, -0.25) is 0 Å². The molecule has 0 saturated carbocycles. The molecule has 0 bridgehead atoms. The first-order chi connectivity index (χ1) is 11.6. The maximum absolute atomic E-state index is 12.4. The molecule has 0 atom stereocenters. The second kappa shape index (κ2) is 6.43. The van der Waals surface area contributed by atoms with Gasteiger partial charge in [-0.05, 0) is 37.6 Å². The van der Waals surface area contributed by atoms with E-state index in [0.29, 0.717) is 17.0 Å². The van der Waals surface area contributed by atoms with Crippen LogP contribution in [-0.2, 0) is 0 Å². The van der Waals surface area contributed by atoms with Crippen molar-refractivity contribution in [2.75, 3.05) is 0 Å². The Hall–Kier alpha value is -3.32. The quantitative estimate of drug-likeness (QED) is 0.737. The van der Waals surface area contributed by atoms with Crippen molar-refractivity contribution >= 4 is 0 Å². The summed E-state index contributed by atoms with van der Waals surface area (Å²) in [6.45, 7) is 3.68. The van der Waals surface area contributed by atoms with Crippen LogP contribution >= 0.6 is 0 Å². The van der Waals surface area contributed by atoms with Crippen LogP contribution in [0.5, 0.6) is 5.75 Å². The van der Waals surface area contributed by atoms with Gasteiger partial charge in [0.15, 0.2) is 0 Å².